The molecule has 0 saturated heterocycles. The summed E-state index contributed by atoms with van der Waals surface area (Å²) in [6.07, 6.45) is 3.27. The normalized spacial score (nSPS) is 52.1. The van der Waals surface area contributed by atoms with Gasteiger partial charge in [0.1, 0.15) is 5.54 Å². The number of nitrogens with two attached hydrogens (primary N) is 1. The van der Waals surface area contributed by atoms with E-state index in [-0.39, 0.29) is 10.8 Å². The van der Waals surface area contributed by atoms with Crippen LogP contribution in [-0.2, 0) is 0 Å². The van der Waals surface area contributed by atoms with Crippen molar-refractivity contribution in [3.05, 3.63) is 0 Å². The van der Waals surface area contributed by atoms with E-state index in [1.165, 1.54) is 6.42 Å². The first-order valence-electron chi connectivity index (χ1n) is 5.07. The summed E-state index contributed by atoms with van der Waals surface area (Å²) in [4.78, 5) is 0. The average Bonchev–Trinajstić information content (AvgIpc) is 2.36. The molecule has 0 heterocycles. The third-order valence-corrected chi connectivity index (χ3v) is 5.19. The van der Waals surface area contributed by atoms with Crippen molar-refractivity contribution >= 4 is 0 Å². The maximum Gasteiger partial charge on any atom is 0.110 e. The van der Waals surface area contributed by atoms with Gasteiger partial charge in [0.25, 0.3) is 0 Å². The number of nitriles is 1. The fraction of sp³-hybridized carbons (Fsp3) is 0.909. The number of fused-ring (bicyclic) bond motifs is 2. The summed E-state index contributed by atoms with van der Waals surface area (Å²) >= 11 is 0. The molecule has 2 heteroatoms. The van der Waals surface area contributed by atoms with Crippen molar-refractivity contribution < 1.29 is 0 Å². The molecule has 2 fully saturated rings. The molecule has 0 aromatic rings. The van der Waals surface area contributed by atoms with E-state index in [1.807, 2.05) is 0 Å². The molecular formula is C11H18N2. The molecule has 0 aromatic heterocycles. The third kappa shape index (κ3) is 0.729. The van der Waals surface area contributed by atoms with Gasteiger partial charge in [0.15, 0.2) is 0 Å². The van der Waals surface area contributed by atoms with Crippen LogP contribution >= 0.6 is 0 Å². The number of hydrogen-bond acceptors (Lipinski definition) is 2. The highest BCUT2D eigenvalue weighted by Crippen LogP contribution is 2.68. The highest BCUT2D eigenvalue weighted by molar-refractivity contribution is 5.27. The van der Waals surface area contributed by atoms with Crippen molar-refractivity contribution in [1.29, 1.82) is 5.26 Å². The summed E-state index contributed by atoms with van der Waals surface area (Å²) in [7, 11) is 0. The van der Waals surface area contributed by atoms with E-state index >= 15 is 0 Å². The molecule has 2 bridgehead atoms. The molecule has 3 atom stereocenters. The van der Waals surface area contributed by atoms with Crippen LogP contribution in [0.25, 0.3) is 0 Å². The fourth-order valence-electron chi connectivity index (χ4n) is 3.53. The Hall–Kier alpha value is -0.550. The Bertz CT molecular complexity index is 289. The van der Waals surface area contributed by atoms with E-state index in [1.54, 1.807) is 0 Å². The van der Waals surface area contributed by atoms with E-state index in [2.05, 4.69) is 26.8 Å². The second-order valence-electron chi connectivity index (χ2n) is 5.58. The van der Waals surface area contributed by atoms with Crippen LogP contribution in [-0.4, -0.2) is 5.54 Å². The summed E-state index contributed by atoms with van der Waals surface area (Å²) in [6.45, 7) is 6.75. The Morgan fingerprint density at radius 3 is 2.23 bits per heavy atom. The number of rotatable bonds is 0. The van der Waals surface area contributed by atoms with Crippen LogP contribution in [0.3, 0.4) is 0 Å². The number of hydrogen-bond donors (Lipinski definition) is 1. The maximum absolute atomic E-state index is 9.17. The Morgan fingerprint density at radius 1 is 1.38 bits per heavy atom. The Labute approximate surface area is 80.1 Å². The van der Waals surface area contributed by atoms with E-state index < -0.39 is 5.54 Å². The molecule has 0 amide bonds. The molecule has 2 N–H and O–H groups in total. The van der Waals surface area contributed by atoms with Crippen LogP contribution in [0.2, 0.25) is 0 Å². The molecular weight excluding hydrogens is 160 g/mol. The lowest BCUT2D eigenvalue weighted by molar-refractivity contribution is 0.108. The summed E-state index contributed by atoms with van der Waals surface area (Å²) < 4.78 is 0. The molecule has 13 heavy (non-hydrogen) atoms. The zero-order valence-corrected chi connectivity index (χ0v) is 8.72. The molecule has 0 radical (unpaired) electrons. The number of nitrogens with zero attached hydrogens (tertiary/aromatic N) is 1. The van der Waals surface area contributed by atoms with E-state index in [0.717, 1.165) is 12.8 Å². The monoisotopic (exact) mass is 178 g/mol. The van der Waals surface area contributed by atoms with Crippen LogP contribution in [0.5, 0.6) is 0 Å². The minimum Gasteiger partial charge on any atom is -0.313 e. The van der Waals surface area contributed by atoms with Gasteiger partial charge >= 0.3 is 0 Å². The largest absolute Gasteiger partial charge is 0.313 e. The van der Waals surface area contributed by atoms with Gasteiger partial charge in [-0.1, -0.05) is 20.8 Å². The second kappa shape index (κ2) is 2.09. The zero-order chi connectivity index (χ0) is 9.91. The second-order valence-corrected chi connectivity index (χ2v) is 5.58. The van der Waals surface area contributed by atoms with Crippen LogP contribution < -0.4 is 5.73 Å². The van der Waals surface area contributed by atoms with Gasteiger partial charge in [0.2, 0.25) is 0 Å². The molecule has 2 rings (SSSR count). The minimum atomic E-state index is -0.570. The van der Waals surface area contributed by atoms with Gasteiger partial charge in [-0.25, -0.2) is 0 Å². The van der Waals surface area contributed by atoms with Gasteiger partial charge in [-0.15, -0.1) is 0 Å². The lowest BCUT2D eigenvalue weighted by atomic mass is 9.64. The molecule has 0 aromatic carbocycles. The third-order valence-electron chi connectivity index (χ3n) is 5.19. The van der Waals surface area contributed by atoms with E-state index in [0.29, 0.717) is 5.92 Å². The van der Waals surface area contributed by atoms with Crippen LogP contribution in [0, 0.1) is 28.1 Å². The van der Waals surface area contributed by atoms with Crippen molar-refractivity contribution in [2.75, 3.05) is 0 Å². The zero-order valence-electron chi connectivity index (χ0n) is 8.72. The molecule has 2 aliphatic carbocycles. The molecule has 0 aliphatic heterocycles. The fourth-order valence-corrected chi connectivity index (χ4v) is 3.53. The molecule has 0 unspecified atom stereocenters. The summed E-state index contributed by atoms with van der Waals surface area (Å²) in [5, 5.41) is 9.17. The lowest BCUT2D eigenvalue weighted by Crippen LogP contribution is -2.53. The molecule has 0 spiro atoms. The summed E-state index contributed by atoms with van der Waals surface area (Å²) in [5.74, 6) is 0.655. The predicted molar refractivity (Wildman–Crippen MR) is 51.8 cm³/mol. The van der Waals surface area contributed by atoms with Crippen LogP contribution in [0.4, 0.5) is 0 Å². The summed E-state index contributed by atoms with van der Waals surface area (Å²) in [6, 6.07) is 2.35. The van der Waals surface area contributed by atoms with Gasteiger partial charge in [-0.2, -0.15) is 5.26 Å². The smallest absolute Gasteiger partial charge is 0.110 e. The lowest BCUT2D eigenvalue weighted by Gasteiger charge is -2.42. The maximum atomic E-state index is 9.17. The average molecular weight is 178 g/mol. The topological polar surface area (TPSA) is 49.8 Å². The van der Waals surface area contributed by atoms with Gasteiger partial charge in [-0.3, -0.25) is 0 Å². The highest BCUT2D eigenvalue weighted by atomic mass is 14.9. The van der Waals surface area contributed by atoms with Gasteiger partial charge in [-0.05, 0) is 30.6 Å². The first-order chi connectivity index (χ1) is 5.87. The van der Waals surface area contributed by atoms with Gasteiger partial charge in [0.05, 0.1) is 6.07 Å². The van der Waals surface area contributed by atoms with E-state index in [4.69, 9.17) is 11.0 Å². The quantitative estimate of drug-likeness (QED) is 0.617. The SMILES string of the molecule is CC1(C)[C@H]2CC[C@]1(C)[C@](N)(C#N)C2. The first-order valence-corrected chi connectivity index (χ1v) is 5.07. The Kier molecular flexibility index (Phi) is 1.45. The van der Waals surface area contributed by atoms with Crippen LogP contribution in [0.1, 0.15) is 40.0 Å². The Morgan fingerprint density at radius 2 is 2.00 bits per heavy atom. The van der Waals surface area contributed by atoms with Crippen molar-refractivity contribution in [1.82, 2.24) is 0 Å². The van der Waals surface area contributed by atoms with Crippen molar-refractivity contribution in [2.45, 2.75) is 45.6 Å². The molecule has 2 aliphatic rings. The Balaban J connectivity index is 2.51. The summed E-state index contributed by atoms with van der Waals surface area (Å²) in [5.41, 5.74) is 5.90. The van der Waals surface area contributed by atoms with Crippen LogP contribution in [0.15, 0.2) is 0 Å². The van der Waals surface area contributed by atoms with Crippen molar-refractivity contribution in [3.8, 4) is 6.07 Å². The minimum absolute atomic E-state index is 0.0272. The highest BCUT2D eigenvalue weighted by Gasteiger charge is 2.67. The van der Waals surface area contributed by atoms with E-state index in [9.17, 15) is 0 Å². The molecule has 2 nitrogen and oxygen atoms in total. The predicted octanol–water partition coefficient (Wildman–Crippen LogP) is 2.05. The van der Waals surface area contributed by atoms with Crippen molar-refractivity contribution in [3.63, 3.8) is 0 Å². The van der Waals surface area contributed by atoms with Gasteiger partial charge < -0.3 is 5.73 Å². The van der Waals surface area contributed by atoms with Crippen molar-refractivity contribution in [2.24, 2.45) is 22.5 Å². The molecule has 2 saturated carbocycles. The van der Waals surface area contributed by atoms with Gasteiger partial charge in [0, 0.05) is 5.41 Å². The molecule has 72 valence electrons. The standard InChI is InChI=1S/C11H18N2/c1-9(2)8-4-5-10(9,3)11(13,6-8)7-12/h8H,4-6,13H2,1-3H3/t8-,10-,11+/m0/s1. The first kappa shape index (κ1) is 9.02.